The van der Waals surface area contributed by atoms with Gasteiger partial charge in [-0.15, -0.1) is 0 Å². The van der Waals surface area contributed by atoms with Crippen molar-refractivity contribution in [1.82, 2.24) is 15.3 Å². The number of hydrogen-bond acceptors (Lipinski definition) is 5. The first-order valence-corrected chi connectivity index (χ1v) is 6.67. The SMILES string of the molecule is Cc1nc(Cc2ccc(F)cc2)c(O)c(C(=O)NCC(=O)O)n1. The van der Waals surface area contributed by atoms with Crippen LogP contribution in [0.15, 0.2) is 24.3 Å². The number of aromatic nitrogens is 2. The van der Waals surface area contributed by atoms with Crippen molar-refractivity contribution in [3.05, 3.63) is 52.9 Å². The van der Waals surface area contributed by atoms with E-state index in [9.17, 15) is 19.1 Å². The highest BCUT2D eigenvalue weighted by molar-refractivity contribution is 5.96. The molecule has 0 aliphatic heterocycles. The van der Waals surface area contributed by atoms with Crippen LogP contribution in [0.25, 0.3) is 0 Å². The number of aryl methyl sites for hydroxylation is 1. The third kappa shape index (κ3) is 4.22. The first-order chi connectivity index (χ1) is 10.9. The summed E-state index contributed by atoms with van der Waals surface area (Å²) in [5.41, 5.74) is 0.595. The Bertz CT molecular complexity index is 747. The molecule has 1 aromatic carbocycles. The van der Waals surface area contributed by atoms with Crippen LogP contribution in [0.4, 0.5) is 4.39 Å². The van der Waals surface area contributed by atoms with E-state index in [1.807, 2.05) is 0 Å². The fourth-order valence-electron chi connectivity index (χ4n) is 1.94. The summed E-state index contributed by atoms with van der Waals surface area (Å²) in [6.07, 6.45) is 0.175. The van der Waals surface area contributed by atoms with Crippen LogP contribution >= 0.6 is 0 Å². The molecular formula is C15H14FN3O4. The van der Waals surface area contributed by atoms with Crippen molar-refractivity contribution in [2.75, 3.05) is 6.54 Å². The Morgan fingerprint density at radius 1 is 1.22 bits per heavy atom. The number of carbonyl (C=O) groups is 2. The molecule has 3 N–H and O–H groups in total. The Morgan fingerprint density at radius 3 is 2.48 bits per heavy atom. The Labute approximate surface area is 130 Å². The smallest absolute Gasteiger partial charge is 0.322 e. The van der Waals surface area contributed by atoms with Gasteiger partial charge >= 0.3 is 5.97 Å². The van der Waals surface area contributed by atoms with E-state index in [0.29, 0.717) is 5.56 Å². The lowest BCUT2D eigenvalue weighted by Gasteiger charge is -2.10. The predicted octanol–water partition coefficient (Wildman–Crippen LogP) is 1.03. The van der Waals surface area contributed by atoms with Gasteiger partial charge in [-0.1, -0.05) is 12.1 Å². The van der Waals surface area contributed by atoms with Crippen LogP contribution < -0.4 is 5.32 Å². The van der Waals surface area contributed by atoms with Crippen LogP contribution in [0, 0.1) is 12.7 Å². The highest BCUT2D eigenvalue weighted by Gasteiger charge is 2.19. The molecule has 0 spiro atoms. The third-order valence-electron chi connectivity index (χ3n) is 2.97. The number of aliphatic carboxylic acids is 1. The summed E-state index contributed by atoms with van der Waals surface area (Å²) in [7, 11) is 0. The molecule has 8 heteroatoms. The van der Waals surface area contributed by atoms with Gasteiger partial charge in [0.15, 0.2) is 11.4 Å². The zero-order valence-corrected chi connectivity index (χ0v) is 12.2. The zero-order chi connectivity index (χ0) is 17.0. The molecule has 7 nitrogen and oxygen atoms in total. The van der Waals surface area contributed by atoms with Crippen LogP contribution in [0.3, 0.4) is 0 Å². The van der Waals surface area contributed by atoms with E-state index in [1.165, 1.54) is 24.3 Å². The number of amides is 1. The lowest BCUT2D eigenvalue weighted by atomic mass is 10.1. The number of nitrogens with one attached hydrogen (secondary N) is 1. The van der Waals surface area contributed by atoms with Crippen LogP contribution in [0.2, 0.25) is 0 Å². The number of carbonyl (C=O) groups excluding carboxylic acids is 1. The van der Waals surface area contributed by atoms with Gasteiger partial charge in [-0.3, -0.25) is 9.59 Å². The maximum absolute atomic E-state index is 12.9. The van der Waals surface area contributed by atoms with E-state index < -0.39 is 24.2 Å². The molecule has 0 saturated carbocycles. The van der Waals surface area contributed by atoms with E-state index in [0.717, 1.165) is 0 Å². The molecule has 1 amide bonds. The molecule has 23 heavy (non-hydrogen) atoms. The van der Waals surface area contributed by atoms with Gasteiger partial charge in [-0.05, 0) is 24.6 Å². The Kier molecular flexibility index (Phi) is 4.85. The van der Waals surface area contributed by atoms with E-state index in [-0.39, 0.29) is 29.5 Å². The molecule has 2 aromatic rings. The lowest BCUT2D eigenvalue weighted by molar-refractivity contribution is -0.135. The third-order valence-corrected chi connectivity index (χ3v) is 2.97. The molecule has 2 rings (SSSR count). The number of benzene rings is 1. The van der Waals surface area contributed by atoms with Crippen molar-refractivity contribution in [3.63, 3.8) is 0 Å². The van der Waals surface area contributed by atoms with Crippen molar-refractivity contribution in [2.24, 2.45) is 0 Å². The normalized spacial score (nSPS) is 10.3. The molecule has 0 radical (unpaired) electrons. The summed E-state index contributed by atoms with van der Waals surface area (Å²) in [5.74, 6) is -2.58. The highest BCUT2D eigenvalue weighted by Crippen LogP contribution is 2.22. The predicted molar refractivity (Wildman–Crippen MR) is 77.6 cm³/mol. The minimum atomic E-state index is -1.21. The summed E-state index contributed by atoms with van der Waals surface area (Å²) in [6, 6.07) is 5.63. The molecule has 120 valence electrons. The number of hydrogen-bond donors (Lipinski definition) is 3. The fourth-order valence-corrected chi connectivity index (χ4v) is 1.94. The van der Waals surface area contributed by atoms with Gasteiger partial charge in [0.05, 0.1) is 5.69 Å². The number of nitrogens with zero attached hydrogens (tertiary/aromatic N) is 2. The number of halogens is 1. The summed E-state index contributed by atoms with van der Waals surface area (Å²) >= 11 is 0. The van der Waals surface area contributed by atoms with Crippen LogP contribution in [0.1, 0.15) is 27.6 Å². The molecule has 0 unspecified atom stereocenters. The van der Waals surface area contributed by atoms with Gasteiger partial charge in [0.2, 0.25) is 0 Å². The topological polar surface area (TPSA) is 112 Å². The number of aromatic hydroxyl groups is 1. The largest absolute Gasteiger partial charge is 0.504 e. The van der Waals surface area contributed by atoms with Crippen molar-refractivity contribution in [1.29, 1.82) is 0 Å². The molecular weight excluding hydrogens is 305 g/mol. The van der Waals surface area contributed by atoms with E-state index in [1.54, 1.807) is 6.92 Å². The number of rotatable bonds is 5. The molecule has 0 bridgehead atoms. The molecule has 0 fully saturated rings. The van der Waals surface area contributed by atoms with Gasteiger partial charge in [-0.2, -0.15) is 0 Å². The first-order valence-electron chi connectivity index (χ1n) is 6.67. The second-order valence-electron chi connectivity index (χ2n) is 4.79. The molecule has 1 heterocycles. The first kappa shape index (κ1) is 16.3. The number of carboxylic acids is 1. The Hall–Kier alpha value is -3.03. The molecule has 0 atom stereocenters. The second kappa shape index (κ2) is 6.82. The van der Waals surface area contributed by atoms with Crippen molar-refractivity contribution < 1.29 is 24.2 Å². The minimum Gasteiger partial charge on any atom is -0.504 e. The number of carboxylic acid groups (broad SMARTS) is 1. The average Bonchev–Trinajstić information content (AvgIpc) is 2.50. The van der Waals surface area contributed by atoms with Gasteiger partial charge in [-0.25, -0.2) is 14.4 Å². The fraction of sp³-hybridized carbons (Fsp3) is 0.200. The maximum atomic E-state index is 12.9. The lowest BCUT2D eigenvalue weighted by Crippen LogP contribution is -2.30. The van der Waals surface area contributed by atoms with Gasteiger partial charge < -0.3 is 15.5 Å². The quantitative estimate of drug-likeness (QED) is 0.759. The van der Waals surface area contributed by atoms with E-state index in [2.05, 4.69) is 15.3 Å². The Morgan fingerprint density at radius 2 is 1.87 bits per heavy atom. The molecule has 0 aliphatic rings. The van der Waals surface area contributed by atoms with Crippen LogP contribution in [-0.4, -0.2) is 38.6 Å². The summed E-state index contributed by atoms with van der Waals surface area (Å²) in [4.78, 5) is 30.3. The standard InChI is InChI=1S/C15H14FN3O4/c1-8-18-11(6-9-2-4-10(16)5-3-9)14(22)13(19-8)15(23)17-7-12(20)21/h2-5,22H,6-7H2,1H3,(H,17,23)(H,20,21). The molecule has 1 aromatic heterocycles. The van der Waals surface area contributed by atoms with Gasteiger partial charge in [0.25, 0.3) is 5.91 Å². The summed E-state index contributed by atoms with van der Waals surface area (Å²) < 4.78 is 12.9. The van der Waals surface area contributed by atoms with Crippen molar-refractivity contribution in [2.45, 2.75) is 13.3 Å². The second-order valence-corrected chi connectivity index (χ2v) is 4.79. The minimum absolute atomic E-state index is 0.175. The average molecular weight is 319 g/mol. The van der Waals surface area contributed by atoms with Crippen LogP contribution in [0.5, 0.6) is 5.75 Å². The highest BCUT2D eigenvalue weighted by atomic mass is 19.1. The summed E-state index contributed by atoms with van der Waals surface area (Å²) in [5, 5.41) is 20.8. The van der Waals surface area contributed by atoms with E-state index >= 15 is 0 Å². The van der Waals surface area contributed by atoms with Crippen LogP contribution in [-0.2, 0) is 11.2 Å². The maximum Gasteiger partial charge on any atom is 0.322 e. The summed E-state index contributed by atoms with van der Waals surface area (Å²) in [6.45, 7) is 0.955. The van der Waals surface area contributed by atoms with Crippen molar-refractivity contribution in [3.8, 4) is 5.75 Å². The van der Waals surface area contributed by atoms with Crippen molar-refractivity contribution >= 4 is 11.9 Å². The monoisotopic (exact) mass is 319 g/mol. The Balaban J connectivity index is 2.28. The van der Waals surface area contributed by atoms with E-state index in [4.69, 9.17) is 5.11 Å². The van der Waals surface area contributed by atoms with Gasteiger partial charge in [0.1, 0.15) is 18.2 Å². The molecule has 0 aliphatic carbocycles. The van der Waals surface area contributed by atoms with Gasteiger partial charge in [0, 0.05) is 6.42 Å². The zero-order valence-electron chi connectivity index (χ0n) is 12.2. The molecule has 0 saturated heterocycles.